The third kappa shape index (κ3) is 3.69. The second kappa shape index (κ2) is 6.90. The molecule has 0 radical (unpaired) electrons. The van der Waals surface area contributed by atoms with Crippen molar-refractivity contribution in [2.75, 3.05) is 18.5 Å². The van der Waals surface area contributed by atoms with Gasteiger partial charge in [-0.15, -0.1) is 0 Å². The second-order valence-corrected chi connectivity index (χ2v) is 5.81. The standard InChI is InChI=1S/C16H27N3/c1-4-17-11-14-12-18-10-9-16(14)19(3)15-7-5-13(2)6-8-15/h9-10,12-13,15,17H,4-8,11H2,1-3H3. The predicted octanol–water partition coefficient (Wildman–Crippen LogP) is 3.21. The molecule has 2 rings (SSSR count). The molecule has 0 spiro atoms. The number of anilines is 1. The molecule has 0 amide bonds. The van der Waals surface area contributed by atoms with Gasteiger partial charge >= 0.3 is 0 Å². The summed E-state index contributed by atoms with van der Waals surface area (Å²) < 4.78 is 0. The van der Waals surface area contributed by atoms with Gasteiger partial charge < -0.3 is 10.2 Å². The average molecular weight is 261 g/mol. The molecular weight excluding hydrogens is 234 g/mol. The van der Waals surface area contributed by atoms with E-state index >= 15 is 0 Å². The van der Waals surface area contributed by atoms with E-state index in [2.05, 4.69) is 42.2 Å². The lowest BCUT2D eigenvalue weighted by molar-refractivity contribution is 0.340. The number of aromatic nitrogens is 1. The Hall–Kier alpha value is -1.09. The van der Waals surface area contributed by atoms with Gasteiger partial charge in [0.15, 0.2) is 0 Å². The number of rotatable bonds is 5. The lowest BCUT2D eigenvalue weighted by Crippen LogP contribution is -2.35. The molecule has 1 N–H and O–H groups in total. The zero-order valence-electron chi connectivity index (χ0n) is 12.5. The monoisotopic (exact) mass is 261 g/mol. The first kappa shape index (κ1) is 14.3. The van der Waals surface area contributed by atoms with E-state index in [1.54, 1.807) is 0 Å². The third-order valence-electron chi connectivity index (χ3n) is 4.36. The molecule has 1 aliphatic carbocycles. The van der Waals surface area contributed by atoms with Crippen LogP contribution in [-0.2, 0) is 6.54 Å². The van der Waals surface area contributed by atoms with Crippen LogP contribution in [0.2, 0.25) is 0 Å². The van der Waals surface area contributed by atoms with Gasteiger partial charge in [-0.1, -0.05) is 13.8 Å². The van der Waals surface area contributed by atoms with E-state index in [4.69, 9.17) is 0 Å². The smallest absolute Gasteiger partial charge is 0.0442 e. The van der Waals surface area contributed by atoms with Crippen LogP contribution in [-0.4, -0.2) is 24.6 Å². The highest BCUT2D eigenvalue weighted by Gasteiger charge is 2.23. The molecule has 0 aliphatic heterocycles. The summed E-state index contributed by atoms with van der Waals surface area (Å²) in [5, 5.41) is 3.40. The Balaban J connectivity index is 2.07. The molecule has 1 heterocycles. The van der Waals surface area contributed by atoms with Crippen LogP contribution in [0.4, 0.5) is 5.69 Å². The van der Waals surface area contributed by atoms with Gasteiger partial charge in [-0.05, 0) is 44.2 Å². The van der Waals surface area contributed by atoms with E-state index in [9.17, 15) is 0 Å². The highest BCUT2D eigenvalue weighted by Crippen LogP contribution is 2.30. The van der Waals surface area contributed by atoms with E-state index in [1.165, 1.54) is 36.9 Å². The summed E-state index contributed by atoms with van der Waals surface area (Å²) in [4.78, 5) is 6.74. The minimum atomic E-state index is 0.693. The van der Waals surface area contributed by atoms with Crippen LogP contribution >= 0.6 is 0 Å². The molecule has 1 aromatic rings. The minimum Gasteiger partial charge on any atom is -0.371 e. The van der Waals surface area contributed by atoms with Gasteiger partial charge in [0.2, 0.25) is 0 Å². The normalized spacial score (nSPS) is 23.3. The molecule has 3 heteroatoms. The van der Waals surface area contributed by atoms with E-state index in [-0.39, 0.29) is 0 Å². The van der Waals surface area contributed by atoms with Crippen molar-refractivity contribution in [1.82, 2.24) is 10.3 Å². The fourth-order valence-electron chi connectivity index (χ4n) is 2.99. The van der Waals surface area contributed by atoms with Gasteiger partial charge in [-0.25, -0.2) is 0 Å². The summed E-state index contributed by atoms with van der Waals surface area (Å²) >= 11 is 0. The van der Waals surface area contributed by atoms with E-state index in [1.807, 2.05) is 12.4 Å². The predicted molar refractivity (Wildman–Crippen MR) is 81.4 cm³/mol. The van der Waals surface area contributed by atoms with Crippen LogP contribution in [0.1, 0.15) is 45.1 Å². The summed E-state index contributed by atoms with van der Waals surface area (Å²) in [5.74, 6) is 0.906. The summed E-state index contributed by atoms with van der Waals surface area (Å²) in [6.07, 6.45) is 9.28. The van der Waals surface area contributed by atoms with Gasteiger partial charge in [-0.2, -0.15) is 0 Å². The second-order valence-electron chi connectivity index (χ2n) is 5.81. The van der Waals surface area contributed by atoms with Gasteiger partial charge in [0.25, 0.3) is 0 Å². The Morgan fingerprint density at radius 3 is 2.74 bits per heavy atom. The lowest BCUT2D eigenvalue weighted by Gasteiger charge is -2.36. The fraction of sp³-hybridized carbons (Fsp3) is 0.688. The van der Waals surface area contributed by atoms with Crippen molar-refractivity contribution in [1.29, 1.82) is 0 Å². The Labute approximate surface area is 117 Å². The third-order valence-corrected chi connectivity index (χ3v) is 4.36. The van der Waals surface area contributed by atoms with Crippen LogP contribution in [0.15, 0.2) is 18.5 Å². The maximum absolute atomic E-state index is 4.27. The number of nitrogens with one attached hydrogen (secondary N) is 1. The van der Waals surface area contributed by atoms with Crippen molar-refractivity contribution in [3.63, 3.8) is 0 Å². The molecule has 0 bridgehead atoms. The van der Waals surface area contributed by atoms with Crippen molar-refractivity contribution >= 4 is 5.69 Å². The first-order valence-electron chi connectivity index (χ1n) is 7.58. The maximum Gasteiger partial charge on any atom is 0.0442 e. The molecule has 0 saturated heterocycles. The maximum atomic E-state index is 4.27. The van der Waals surface area contributed by atoms with Crippen molar-refractivity contribution in [2.24, 2.45) is 5.92 Å². The Morgan fingerprint density at radius 1 is 1.32 bits per heavy atom. The number of nitrogens with zero attached hydrogens (tertiary/aromatic N) is 2. The summed E-state index contributed by atoms with van der Waals surface area (Å²) in [7, 11) is 2.24. The Kier molecular flexibility index (Phi) is 5.20. The van der Waals surface area contributed by atoms with Crippen molar-refractivity contribution in [3.8, 4) is 0 Å². The van der Waals surface area contributed by atoms with Crippen molar-refractivity contribution in [2.45, 2.75) is 52.1 Å². The summed E-state index contributed by atoms with van der Waals surface area (Å²) in [6, 6.07) is 2.85. The van der Waals surface area contributed by atoms with E-state index in [0.717, 1.165) is 19.0 Å². The molecule has 1 aromatic heterocycles. The first-order chi connectivity index (χ1) is 9.22. The van der Waals surface area contributed by atoms with Gasteiger partial charge in [0.05, 0.1) is 0 Å². The van der Waals surface area contributed by atoms with Crippen LogP contribution in [0.25, 0.3) is 0 Å². The lowest BCUT2D eigenvalue weighted by atomic mass is 9.86. The number of pyridine rings is 1. The zero-order chi connectivity index (χ0) is 13.7. The zero-order valence-corrected chi connectivity index (χ0v) is 12.5. The highest BCUT2D eigenvalue weighted by molar-refractivity contribution is 5.52. The molecule has 1 aliphatic rings. The first-order valence-corrected chi connectivity index (χ1v) is 7.58. The van der Waals surface area contributed by atoms with Crippen LogP contribution in [0, 0.1) is 5.92 Å². The van der Waals surface area contributed by atoms with E-state index in [0.29, 0.717) is 6.04 Å². The molecule has 1 fully saturated rings. The molecule has 1 saturated carbocycles. The largest absolute Gasteiger partial charge is 0.371 e. The highest BCUT2D eigenvalue weighted by atomic mass is 15.1. The van der Waals surface area contributed by atoms with Gasteiger partial charge in [-0.3, -0.25) is 4.98 Å². The molecule has 106 valence electrons. The summed E-state index contributed by atoms with van der Waals surface area (Å²) in [6.45, 7) is 6.42. The van der Waals surface area contributed by atoms with Gasteiger partial charge in [0, 0.05) is 43.3 Å². The molecular formula is C16H27N3. The summed E-state index contributed by atoms with van der Waals surface area (Å²) in [5.41, 5.74) is 2.65. The molecule has 0 unspecified atom stereocenters. The fourth-order valence-corrected chi connectivity index (χ4v) is 2.99. The minimum absolute atomic E-state index is 0.693. The molecule has 19 heavy (non-hydrogen) atoms. The van der Waals surface area contributed by atoms with Gasteiger partial charge in [0.1, 0.15) is 0 Å². The quantitative estimate of drug-likeness (QED) is 0.882. The molecule has 0 atom stereocenters. The van der Waals surface area contributed by atoms with Crippen LogP contribution < -0.4 is 10.2 Å². The number of hydrogen-bond acceptors (Lipinski definition) is 3. The van der Waals surface area contributed by atoms with Crippen LogP contribution in [0.3, 0.4) is 0 Å². The Bertz CT molecular complexity index is 383. The van der Waals surface area contributed by atoms with Crippen LogP contribution in [0.5, 0.6) is 0 Å². The van der Waals surface area contributed by atoms with Crippen molar-refractivity contribution in [3.05, 3.63) is 24.0 Å². The molecule has 3 nitrogen and oxygen atoms in total. The average Bonchev–Trinajstić information content (AvgIpc) is 2.45. The Morgan fingerprint density at radius 2 is 2.05 bits per heavy atom. The molecule has 0 aromatic carbocycles. The van der Waals surface area contributed by atoms with E-state index < -0.39 is 0 Å². The topological polar surface area (TPSA) is 28.2 Å². The SMILES string of the molecule is CCNCc1cnccc1N(C)C1CCC(C)CC1. The number of hydrogen-bond donors (Lipinski definition) is 1. The van der Waals surface area contributed by atoms with Crippen molar-refractivity contribution < 1.29 is 0 Å².